The van der Waals surface area contributed by atoms with Gasteiger partial charge in [0.25, 0.3) is 0 Å². The molecule has 7 nitrogen and oxygen atoms in total. The van der Waals surface area contributed by atoms with Gasteiger partial charge < -0.3 is 9.84 Å². The molecule has 0 amide bonds. The Balaban J connectivity index is 1.42. The van der Waals surface area contributed by atoms with Crippen LogP contribution in [0.1, 0.15) is 48.2 Å². The highest BCUT2D eigenvalue weighted by molar-refractivity contribution is 5.59. The zero-order valence-electron chi connectivity index (χ0n) is 13.8. The quantitative estimate of drug-likeness (QED) is 0.767. The van der Waals surface area contributed by atoms with Gasteiger partial charge in [-0.05, 0) is 44.2 Å². The van der Waals surface area contributed by atoms with E-state index in [0.29, 0.717) is 24.2 Å². The normalized spacial score (nSPS) is 16.0. The summed E-state index contributed by atoms with van der Waals surface area (Å²) in [5, 5.41) is 7.44. The smallest absolute Gasteiger partial charge is 0.245 e. The number of nitrogens with zero attached hydrogens (tertiary/aromatic N) is 5. The van der Waals surface area contributed by atoms with Crippen molar-refractivity contribution in [3.63, 3.8) is 0 Å². The van der Waals surface area contributed by atoms with Crippen molar-refractivity contribution in [1.29, 1.82) is 0 Å². The molecule has 0 radical (unpaired) electrons. The topological polar surface area (TPSA) is 89.6 Å². The molecule has 1 fully saturated rings. The molecule has 0 atom stereocenters. The summed E-state index contributed by atoms with van der Waals surface area (Å²) in [4.78, 5) is 18.1. The summed E-state index contributed by atoms with van der Waals surface area (Å²) in [6, 6.07) is 3.88. The maximum atomic E-state index is 5.34. The lowest BCUT2D eigenvalue weighted by Crippen LogP contribution is -2.08. The highest BCUT2D eigenvalue weighted by Gasteiger charge is 2.28. The van der Waals surface area contributed by atoms with Gasteiger partial charge in [0.15, 0.2) is 11.6 Å². The van der Waals surface area contributed by atoms with Gasteiger partial charge in [0, 0.05) is 35.1 Å². The zero-order valence-corrected chi connectivity index (χ0v) is 13.8. The molecule has 3 aromatic rings. The van der Waals surface area contributed by atoms with Gasteiger partial charge in [0.1, 0.15) is 5.82 Å². The van der Waals surface area contributed by atoms with E-state index >= 15 is 0 Å². The highest BCUT2D eigenvalue weighted by atomic mass is 16.5. The van der Waals surface area contributed by atoms with Crippen LogP contribution in [0.2, 0.25) is 0 Å². The predicted octanol–water partition coefficient (Wildman–Crippen LogP) is 2.90. The molecule has 3 heterocycles. The summed E-state index contributed by atoms with van der Waals surface area (Å²) in [7, 11) is 0. The predicted molar refractivity (Wildman–Crippen MR) is 90.9 cm³/mol. The van der Waals surface area contributed by atoms with E-state index in [0.717, 1.165) is 42.2 Å². The molecule has 126 valence electrons. The summed E-state index contributed by atoms with van der Waals surface area (Å²) in [5.74, 6) is 3.52. The van der Waals surface area contributed by atoms with Gasteiger partial charge in [0.05, 0.1) is 6.54 Å². The first kappa shape index (κ1) is 14.5. The van der Waals surface area contributed by atoms with Gasteiger partial charge in [-0.3, -0.25) is 4.98 Å². The minimum Gasteiger partial charge on any atom is -0.361 e. The van der Waals surface area contributed by atoms with E-state index in [4.69, 9.17) is 14.5 Å². The molecule has 25 heavy (non-hydrogen) atoms. The van der Waals surface area contributed by atoms with Crippen LogP contribution >= 0.6 is 0 Å². The molecule has 0 saturated heterocycles. The second-order valence-corrected chi connectivity index (χ2v) is 6.59. The molecule has 2 aliphatic rings. The summed E-state index contributed by atoms with van der Waals surface area (Å²) in [6.45, 7) is 0.482. The molecule has 0 unspecified atom stereocenters. The van der Waals surface area contributed by atoms with Crippen LogP contribution in [0.15, 0.2) is 29.0 Å². The van der Waals surface area contributed by atoms with Crippen molar-refractivity contribution >= 4 is 5.82 Å². The van der Waals surface area contributed by atoms with Crippen LogP contribution in [0.5, 0.6) is 0 Å². The van der Waals surface area contributed by atoms with Crippen molar-refractivity contribution in [2.45, 2.75) is 44.6 Å². The molecule has 3 aromatic heterocycles. The lowest BCUT2D eigenvalue weighted by Gasteiger charge is -2.11. The molecular formula is C18H18N6O. The third-order valence-electron chi connectivity index (χ3n) is 4.69. The molecule has 1 saturated carbocycles. The van der Waals surface area contributed by atoms with Gasteiger partial charge in [-0.1, -0.05) is 5.16 Å². The summed E-state index contributed by atoms with van der Waals surface area (Å²) in [6.07, 6.45) is 8.99. The molecule has 5 rings (SSSR count). The van der Waals surface area contributed by atoms with Crippen LogP contribution in [-0.4, -0.2) is 25.1 Å². The summed E-state index contributed by atoms with van der Waals surface area (Å²) >= 11 is 0. The number of anilines is 1. The largest absolute Gasteiger partial charge is 0.361 e. The van der Waals surface area contributed by atoms with Gasteiger partial charge in [0.2, 0.25) is 5.89 Å². The lowest BCUT2D eigenvalue weighted by molar-refractivity contribution is 0.377. The molecule has 0 bridgehead atoms. The average molecular weight is 334 g/mol. The number of aryl methyl sites for hydroxylation is 1. The van der Waals surface area contributed by atoms with Crippen molar-refractivity contribution in [3.8, 4) is 11.4 Å². The van der Waals surface area contributed by atoms with E-state index in [1.165, 1.54) is 18.4 Å². The molecule has 0 spiro atoms. The Labute approximate surface area is 144 Å². The Morgan fingerprint density at radius 2 is 2.12 bits per heavy atom. The van der Waals surface area contributed by atoms with E-state index in [-0.39, 0.29) is 0 Å². The molecule has 0 aliphatic heterocycles. The minimum absolute atomic E-state index is 0.482. The van der Waals surface area contributed by atoms with E-state index in [1.54, 1.807) is 12.4 Å². The average Bonchev–Trinajstić information content (AvgIpc) is 3.20. The van der Waals surface area contributed by atoms with Crippen LogP contribution in [-0.2, 0) is 19.4 Å². The Hall–Kier alpha value is -2.83. The maximum absolute atomic E-state index is 5.34. The van der Waals surface area contributed by atoms with Gasteiger partial charge in [-0.25, -0.2) is 9.97 Å². The number of rotatable bonds is 5. The number of fused-ring (bicyclic) bond motifs is 1. The van der Waals surface area contributed by atoms with Gasteiger partial charge in [-0.2, -0.15) is 4.98 Å². The third kappa shape index (κ3) is 2.86. The molecule has 7 heteroatoms. The van der Waals surface area contributed by atoms with Crippen LogP contribution < -0.4 is 5.32 Å². The van der Waals surface area contributed by atoms with Crippen LogP contribution in [0.3, 0.4) is 0 Å². The van der Waals surface area contributed by atoms with Crippen molar-refractivity contribution in [2.24, 2.45) is 0 Å². The van der Waals surface area contributed by atoms with E-state index < -0.39 is 0 Å². The first-order valence-corrected chi connectivity index (χ1v) is 8.73. The summed E-state index contributed by atoms with van der Waals surface area (Å²) in [5.41, 5.74) is 3.25. The fraction of sp³-hybridized carbons (Fsp3) is 0.389. The summed E-state index contributed by atoms with van der Waals surface area (Å²) < 4.78 is 5.34. The van der Waals surface area contributed by atoms with Crippen molar-refractivity contribution < 1.29 is 4.52 Å². The first-order chi connectivity index (χ1) is 12.4. The first-order valence-electron chi connectivity index (χ1n) is 8.73. The number of hydrogen-bond acceptors (Lipinski definition) is 7. The standard InChI is InChI=1S/C18H18N6O/c1-4-13-14(5-1)21-16(12-3-2-8-19-9-12)23-18(13)20-10-15-22-17(24-25-15)11-6-7-11/h2-3,8-9,11H,1,4-7,10H2,(H,20,21,23). The van der Waals surface area contributed by atoms with Gasteiger partial charge in [-0.15, -0.1) is 0 Å². The zero-order chi connectivity index (χ0) is 16.6. The number of aromatic nitrogens is 5. The Morgan fingerprint density at radius 3 is 2.96 bits per heavy atom. The molecular weight excluding hydrogens is 316 g/mol. The minimum atomic E-state index is 0.482. The molecule has 1 N–H and O–H groups in total. The van der Waals surface area contributed by atoms with Crippen molar-refractivity contribution in [3.05, 3.63) is 47.5 Å². The second-order valence-electron chi connectivity index (χ2n) is 6.59. The Kier molecular flexibility index (Phi) is 3.43. The van der Waals surface area contributed by atoms with Crippen molar-refractivity contribution in [2.75, 3.05) is 5.32 Å². The third-order valence-corrected chi connectivity index (χ3v) is 4.69. The Morgan fingerprint density at radius 1 is 1.16 bits per heavy atom. The lowest BCUT2D eigenvalue weighted by atomic mass is 10.2. The van der Waals surface area contributed by atoms with E-state index in [1.807, 2.05) is 12.1 Å². The van der Waals surface area contributed by atoms with Crippen LogP contribution in [0, 0.1) is 0 Å². The number of hydrogen-bond donors (Lipinski definition) is 1. The second kappa shape index (κ2) is 5.91. The SMILES string of the molecule is c1cncc(-c2nc3c(c(NCc4nc(C5CC5)no4)n2)CCC3)c1. The van der Waals surface area contributed by atoms with Crippen LogP contribution in [0.4, 0.5) is 5.82 Å². The maximum Gasteiger partial charge on any atom is 0.245 e. The monoisotopic (exact) mass is 334 g/mol. The molecule has 0 aromatic carbocycles. The van der Waals surface area contributed by atoms with Gasteiger partial charge >= 0.3 is 0 Å². The number of nitrogens with one attached hydrogen (secondary N) is 1. The van der Waals surface area contributed by atoms with E-state index in [2.05, 4.69) is 20.4 Å². The molecule has 2 aliphatic carbocycles. The van der Waals surface area contributed by atoms with Crippen LogP contribution in [0.25, 0.3) is 11.4 Å². The highest BCUT2D eigenvalue weighted by Crippen LogP contribution is 2.38. The fourth-order valence-electron chi connectivity index (χ4n) is 3.21. The van der Waals surface area contributed by atoms with Crippen molar-refractivity contribution in [1.82, 2.24) is 25.1 Å². The fourth-order valence-corrected chi connectivity index (χ4v) is 3.21. The number of pyridine rings is 1. The van der Waals surface area contributed by atoms with E-state index in [9.17, 15) is 0 Å². The Bertz CT molecular complexity index is 903.